The molecule has 0 radical (unpaired) electrons. The second-order valence-electron chi connectivity index (χ2n) is 12.2. The minimum Gasteiger partial charge on any atom is -0.469 e. The Balaban J connectivity index is 1.84. The zero-order valence-corrected chi connectivity index (χ0v) is 28.0. The molecule has 9 heteroatoms. The number of aromatic amines is 2. The van der Waals surface area contributed by atoms with Crippen LogP contribution in [0.1, 0.15) is 104 Å². The first-order chi connectivity index (χ1) is 21.5. The van der Waals surface area contributed by atoms with Gasteiger partial charge in [-0.1, -0.05) is 13.8 Å². The fraction of sp³-hybridized carbons (Fsp3) is 0.444. The molecule has 238 valence electrons. The number of nitrogens with zero attached hydrogens (tertiary/aromatic N) is 3. The summed E-state index contributed by atoms with van der Waals surface area (Å²) in [7, 11) is 3.18. The Morgan fingerprint density at radius 2 is 1.60 bits per heavy atom. The molecular formula is C36H45N5O4. The smallest absolute Gasteiger partial charge is 0.409 e. The molecule has 9 nitrogen and oxygen atoms in total. The lowest BCUT2D eigenvalue weighted by Crippen LogP contribution is -2.27. The van der Waals surface area contributed by atoms with Crippen LogP contribution in [-0.4, -0.2) is 57.7 Å². The average Bonchev–Trinajstić information content (AvgIpc) is 3.71. The summed E-state index contributed by atoms with van der Waals surface area (Å²) in [6.07, 6.45) is 1.45. The molecule has 45 heavy (non-hydrogen) atoms. The Morgan fingerprint density at radius 1 is 0.911 bits per heavy atom. The molecule has 2 atom stereocenters. The summed E-state index contributed by atoms with van der Waals surface area (Å²) in [4.78, 5) is 44.1. The van der Waals surface area contributed by atoms with Crippen LogP contribution in [-0.2, 0) is 20.8 Å². The molecular weight excluding hydrogens is 566 g/mol. The number of aromatic nitrogens is 4. The summed E-state index contributed by atoms with van der Waals surface area (Å²) < 4.78 is 10.3. The van der Waals surface area contributed by atoms with Crippen molar-refractivity contribution in [1.29, 1.82) is 0 Å². The standard InChI is InChI=1S/C36H45N5O4/c1-10-24-20(4)30-17-33-26(18-41(8)36(43)45-11-2)22(6)29(39-33)16-31-21(5)25(12-13-34(42)44-9)35(40-31)23(7)28-14-19(3)27(37-28)15-32(24)38-30/h14-17,21,25,37,39H,10-13,18H2,1-9H3/t21-,25-/m0/s1. The Kier molecular flexibility index (Phi) is 9.18. The van der Waals surface area contributed by atoms with Crippen molar-refractivity contribution in [2.24, 2.45) is 0 Å². The highest BCUT2D eigenvalue weighted by Gasteiger charge is 2.31. The minimum atomic E-state index is -0.367. The maximum atomic E-state index is 12.6. The summed E-state index contributed by atoms with van der Waals surface area (Å²) >= 11 is 0. The van der Waals surface area contributed by atoms with Gasteiger partial charge in [-0.3, -0.25) is 9.78 Å². The van der Waals surface area contributed by atoms with Gasteiger partial charge < -0.3 is 24.3 Å². The van der Waals surface area contributed by atoms with E-state index in [1.165, 1.54) is 12.7 Å². The number of methoxy groups -OCH3 is 1. The molecule has 0 saturated heterocycles. The van der Waals surface area contributed by atoms with Crippen molar-refractivity contribution in [1.82, 2.24) is 24.8 Å². The van der Waals surface area contributed by atoms with Crippen LogP contribution in [0.3, 0.4) is 0 Å². The molecule has 0 saturated carbocycles. The predicted molar refractivity (Wildman–Crippen MR) is 179 cm³/mol. The molecule has 0 aromatic carbocycles. The molecule has 0 unspecified atom stereocenters. The van der Waals surface area contributed by atoms with E-state index in [4.69, 9.17) is 19.4 Å². The molecule has 5 heterocycles. The van der Waals surface area contributed by atoms with Crippen LogP contribution >= 0.6 is 0 Å². The van der Waals surface area contributed by atoms with Crippen molar-refractivity contribution in [3.05, 3.63) is 69.3 Å². The molecule has 0 fully saturated rings. The van der Waals surface area contributed by atoms with Gasteiger partial charge in [0.25, 0.3) is 0 Å². The molecule has 1 amide bonds. The van der Waals surface area contributed by atoms with Crippen LogP contribution in [0.5, 0.6) is 0 Å². The number of ether oxygens (including phenoxy) is 2. The lowest BCUT2D eigenvalue weighted by Gasteiger charge is -2.17. The van der Waals surface area contributed by atoms with Crippen molar-refractivity contribution in [3.8, 4) is 0 Å². The number of carbonyl (C=O) groups excluding carboxylic acids is 2. The van der Waals surface area contributed by atoms with Gasteiger partial charge in [0.05, 0.1) is 31.6 Å². The van der Waals surface area contributed by atoms with Gasteiger partial charge >= 0.3 is 12.1 Å². The molecule has 0 spiro atoms. The van der Waals surface area contributed by atoms with E-state index in [0.29, 0.717) is 26.0 Å². The molecule has 3 aromatic heterocycles. The Bertz CT molecular complexity index is 1850. The molecule has 2 aliphatic heterocycles. The zero-order chi connectivity index (χ0) is 32.6. The summed E-state index contributed by atoms with van der Waals surface area (Å²) in [5.74, 6) is -0.0980. The summed E-state index contributed by atoms with van der Waals surface area (Å²) in [5.41, 5.74) is 14.2. The van der Waals surface area contributed by atoms with E-state index in [2.05, 4.69) is 75.8 Å². The number of nitrogens with one attached hydrogen (secondary N) is 2. The highest BCUT2D eigenvalue weighted by Crippen LogP contribution is 2.42. The summed E-state index contributed by atoms with van der Waals surface area (Å²) in [6, 6.07) is 8.53. The van der Waals surface area contributed by atoms with Crippen LogP contribution in [0.2, 0.25) is 0 Å². The zero-order valence-electron chi connectivity index (χ0n) is 28.0. The monoisotopic (exact) mass is 611 g/mol. The second kappa shape index (κ2) is 12.9. The first-order valence-corrected chi connectivity index (χ1v) is 15.8. The lowest BCUT2D eigenvalue weighted by molar-refractivity contribution is -0.140. The van der Waals surface area contributed by atoms with Gasteiger partial charge in [0.2, 0.25) is 0 Å². The fourth-order valence-corrected chi connectivity index (χ4v) is 6.56. The topological polar surface area (TPSA) is 113 Å². The van der Waals surface area contributed by atoms with Crippen LogP contribution in [0.15, 0.2) is 24.3 Å². The fourth-order valence-electron chi connectivity index (χ4n) is 6.56. The van der Waals surface area contributed by atoms with Gasteiger partial charge in [0.1, 0.15) is 0 Å². The number of allylic oxidation sites excluding steroid dienone is 2. The van der Waals surface area contributed by atoms with E-state index in [1.807, 2.05) is 6.92 Å². The molecule has 8 bridgehead atoms. The number of carbonyl (C=O) groups is 2. The number of aryl methyl sites for hydroxylation is 3. The van der Waals surface area contributed by atoms with Crippen molar-refractivity contribution in [2.75, 3.05) is 20.8 Å². The van der Waals surface area contributed by atoms with Crippen LogP contribution in [0, 0.1) is 20.8 Å². The van der Waals surface area contributed by atoms with Gasteiger partial charge in [0.15, 0.2) is 0 Å². The molecule has 2 aliphatic rings. The minimum absolute atomic E-state index is 0.0472. The number of hydrogen-bond donors (Lipinski definition) is 2. The Labute approximate surface area is 265 Å². The molecule has 3 aromatic rings. The van der Waals surface area contributed by atoms with Crippen molar-refractivity contribution >= 4 is 45.3 Å². The normalized spacial score (nSPS) is 16.2. The number of esters is 1. The third-order valence-electron chi connectivity index (χ3n) is 9.42. The molecule has 2 N–H and O–H groups in total. The molecule has 0 aliphatic carbocycles. The maximum absolute atomic E-state index is 12.6. The Morgan fingerprint density at radius 3 is 2.29 bits per heavy atom. The van der Waals surface area contributed by atoms with Gasteiger partial charge in [-0.25, -0.2) is 9.78 Å². The van der Waals surface area contributed by atoms with Crippen molar-refractivity contribution in [2.45, 2.75) is 86.1 Å². The quantitative estimate of drug-likeness (QED) is 0.262. The van der Waals surface area contributed by atoms with Gasteiger partial charge in [-0.15, -0.1) is 0 Å². The SMILES string of the molecule is CCOC(=O)N(C)Cc1c(C)c2cc3nc(c(C)c4cc(C)c(cc5nc(cc1[nH]2)C(C)=C5CC)[nH]4)[C@@H](CCC(=O)OC)[C@@H]3C. The van der Waals surface area contributed by atoms with E-state index in [0.717, 1.165) is 79.1 Å². The van der Waals surface area contributed by atoms with Crippen molar-refractivity contribution in [3.63, 3.8) is 0 Å². The first kappa shape index (κ1) is 32.0. The lowest BCUT2D eigenvalue weighted by atomic mass is 9.86. The third kappa shape index (κ3) is 6.13. The average molecular weight is 612 g/mol. The third-order valence-corrected chi connectivity index (χ3v) is 9.42. The van der Waals surface area contributed by atoms with E-state index >= 15 is 0 Å². The highest BCUT2D eigenvalue weighted by molar-refractivity contribution is 5.93. The van der Waals surface area contributed by atoms with Crippen LogP contribution in [0.25, 0.3) is 33.2 Å². The van der Waals surface area contributed by atoms with Crippen molar-refractivity contribution < 1.29 is 19.1 Å². The first-order valence-electron chi connectivity index (χ1n) is 15.8. The molecule has 5 rings (SSSR count). The number of rotatable bonds is 7. The van der Waals surface area contributed by atoms with Gasteiger partial charge in [0, 0.05) is 64.3 Å². The van der Waals surface area contributed by atoms with E-state index < -0.39 is 0 Å². The number of hydrogen-bond acceptors (Lipinski definition) is 6. The van der Waals surface area contributed by atoms with Crippen LogP contribution < -0.4 is 0 Å². The summed E-state index contributed by atoms with van der Waals surface area (Å²) in [5, 5.41) is 0. The van der Waals surface area contributed by atoms with Gasteiger partial charge in [-0.05, 0) is 99.6 Å². The Hall–Kier alpha value is -4.40. The number of fused-ring (bicyclic) bond motifs is 8. The van der Waals surface area contributed by atoms with Crippen LogP contribution in [0.4, 0.5) is 4.79 Å². The van der Waals surface area contributed by atoms with E-state index in [-0.39, 0.29) is 23.9 Å². The van der Waals surface area contributed by atoms with E-state index in [9.17, 15) is 9.59 Å². The number of H-pyrrole nitrogens is 2. The summed E-state index contributed by atoms with van der Waals surface area (Å²) in [6.45, 7) is 15.2. The second-order valence-corrected chi connectivity index (χ2v) is 12.2. The van der Waals surface area contributed by atoms with E-state index in [1.54, 1.807) is 11.9 Å². The number of amides is 1. The predicted octanol–water partition coefficient (Wildman–Crippen LogP) is 8.01. The van der Waals surface area contributed by atoms with Gasteiger partial charge in [-0.2, -0.15) is 0 Å². The highest BCUT2D eigenvalue weighted by atomic mass is 16.6. The largest absolute Gasteiger partial charge is 0.469 e. The maximum Gasteiger partial charge on any atom is 0.409 e.